The smallest absolute Gasteiger partial charge is 0.243 e. The van der Waals surface area contributed by atoms with Gasteiger partial charge in [0, 0.05) is 5.69 Å². The van der Waals surface area contributed by atoms with E-state index in [4.69, 9.17) is 9.47 Å². The first-order valence-corrected chi connectivity index (χ1v) is 7.93. The van der Waals surface area contributed by atoms with Crippen molar-refractivity contribution in [3.8, 4) is 11.5 Å². The molecule has 0 saturated carbocycles. The lowest BCUT2D eigenvalue weighted by molar-refractivity contribution is -0.114. The van der Waals surface area contributed by atoms with Crippen LogP contribution >= 0.6 is 0 Å². The van der Waals surface area contributed by atoms with E-state index in [1.165, 1.54) is 0 Å². The largest absolute Gasteiger partial charge is 0.490 e. The van der Waals surface area contributed by atoms with E-state index in [0.29, 0.717) is 24.7 Å². The number of carbonyl (C=O) groups is 1. The van der Waals surface area contributed by atoms with Gasteiger partial charge in [-0.3, -0.25) is 4.79 Å². The zero-order chi connectivity index (χ0) is 17.9. The summed E-state index contributed by atoms with van der Waals surface area (Å²) in [5.41, 5.74) is 1.46. The van der Waals surface area contributed by atoms with E-state index in [0.717, 1.165) is 11.4 Å². The summed E-state index contributed by atoms with van der Waals surface area (Å²) in [6.45, 7) is 8.20. The molecule has 2 aromatic carbocycles. The van der Waals surface area contributed by atoms with Crippen molar-refractivity contribution in [1.82, 2.24) is 0 Å². The van der Waals surface area contributed by atoms with E-state index >= 15 is 0 Å². The van der Waals surface area contributed by atoms with Gasteiger partial charge in [0.15, 0.2) is 0 Å². The molecule has 0 bridgehead atoms. The molecule has 0 aliphatic rings. The molecule has 2 N–H and O–H groups in total. The number of amides is 1. The summed E-state index contributed by atoms with van der Waals surface area (Å²) in [4.78, 5) is 12.1. The number of anilines is 2. The third-order valence-electron chi connectivity index (χ3n) is 3.19. The molecule has 5 heteroatoms. The maximum atomic E-state index is 12.1. The van der Waals surface area contributed by atoms with Gasteiger partial charge >= 0.3 is 0 Å². The number of rotatable bonds is 10. The van der Waals surface area contributed by atoms with E-state index < -0.39 is 0 Å². The van der Waals surface area contributed by atoms with E-state index in [9.17, 15) is 4.79 Å². The highest BCUT2D eigenvalue weighted by Crippen LogP contribution is 2.23. The van der Waals surface area contributed by atoms with Gasteiger partial charge in [-0.05, 0) is 36.4 Å². The average Bonchev–Trinajstić information content (AvgIpc) is 2.65. The standard InChI is InChI=1S/C20H22N2O3/c1-3-13-24-17-11-9-16(10-12-17)21-15-20(23)22-18-7-5-6-8-19(18)25-14-4-2/h3-12,21H,1-2,13-15H2,(H,22,23). The van der Waals surface area contributed by atoms with Gasteiger partial charge in [-0.1, -0.05) is 37.4 Å². The second-order valence-corrected chi connectivity index (χ2v) is 5.12. The lowest BCUT2D eigenvalue weighted by atomic mass is 10.3. The molecule has 0 heterocycles. The SMILES string of the molecule is C=CCOc1ccc(NCC(=O)Nc2ccccc2OCC=C)cc1. The second kappa shape index (κ2) is 9.82. The minimum atomic E-state index is -0.165. The van der Waals surface area contributed by atoms with Crippen LogP contribution in [-0.4, -0.2) is 25.7 Å². The summed E-state index contributed by atoms with van der Waals surface area (Å²) in [6.07, 6.45) is 3.34. The van der Waals surface area contributed by atoms with Gasteiger partial charge in [-0.25, -0.2) is 0 Å². The average molecular weight is 338 g/mol. The minimum Gasteiger partial charge on any atom is -0.490 e. The summed E-state index contributed by atoms with van der Waals surface area (Å²) in [5, 5.41) is 5.90. The van der Waals surface area contributed by atoms with Gasteiger partial charge in [-0.15, -0.1) is 0 Å². The molecule has 2 aromatic rings. The van der Waals surface area contributed by atoms with Crippen molar-refractivity contribution in [1.29, 1.82) is 0 Å². The van der Waals surface area contributed by atoms with Gasteiger partial charge in [0.2, 0.25) is 5.91 Å². The van der Waals surface area contributed by atoms with Crippen molar-refractivity contribution in [2.75, 3.05) is 30.4 Å². The molecule has 0 atom stereocenters. The molecule has 5 nitrogen and oxygen atoms in total. The molecule has 1 amide bonds. The number of nitrogens with one attached hydrogen (secondary N) is 2. The Balaban J connectivity index is 1.86. The van der Waals surface area contributed by atoms with Crippen LogP contribution in [0.1, 0.15) is 0 Å². The van der Waals surface area contributed by atoms with Gasteiger partial charge in [0.1, 0.15) is 24.7 Å². The van der Waals surface area contributed by atoms with Crippen LogP contribution in [0.3, 0.4) is 0 Å². The number of benzene rings is 2. The maximum absolute atomic E-state index is 12.1. The third kappa shape index (κ3) is 6.06. The van der Waals surface area contributed by atoms with Crippen LogP contribution in [-0.2, 0) is 4.79 Å². The van der Waals surface area contributed by atoms with Crippen molar-refractivity contribution >= 4 is 17.3 Å². The molecular weight excluding hydrogens is 316 g/mol. The molecule has 25 heavy (non-hydrogen) atoms. The zero-order valence-corrected chi connectivity index (χ0v) is 14.0. The number of carbonyl (C=O) groups excluding carboxylic acids is 1. The van der Waals surface area contributed by atoms with Crippen molar-refractivity contribution < 1.29 is 14.3 Å². The highest BCUT2D eigenvalue weighted by atomic mass is 16.5. The Morgan fingerprint density at radius 2 is 1.64 bits per heavy atom. The normalized spacial score (nSPS) is 9.76. The Bertz CT molecular complexity index is 711. The molecule has 0 aliphatic heterocycles. The van der Waals surface area contributed by atoms with Crippen LogP contribution in [0, 0.1) is 0 Å². The number of hydrogen-bond acceptors (Lipinski definition) is 4. The van der Waals surface area contributed by atoms with Crippen molar-refractivity contribution in [2.45, 2.75) is 0 Å². The Labute approximate surface area is 148 Å². The van der Waals surface area contributed by atoms with Crippen LogP contribution in [0.25, 0.3) is 0 Å². The van der Waals surface area contributed by atoms with E-state index in [1.54, 1.807) is 24.3 Å². The first-order chi connectivity index (χ1) is 12.2. The van der Waals surface area contributed by atoms with Crippen molar-refractivity contribution in [2.24, 2.45) is 0 Å². The molecule has 130 valence electrons. The molecule has 0 spiro atoms. The maximum Gasteiger partial charge on any atom is 0.243 e. The first-order valence-electron chi connectivity index (χ1n) is 7.93. The first kappa shape index (κ1) is 18.1. The molecule has 0 aromatic heterocycles. The predicted molar refractivity (Wildman–Crippen MR) is 101 cm³/mol. The molecule has 0 aliphatic carbocycles. The summed E-state index contributed by atoms with van der Waals surface area (Å²) in [6, 6.07) is 14.7. The second-order valence-electron chi connectivity index (χ2n) is 5.12. The van der Waals surface area contributed by atoms with Gasteiger partial charge < -0.3 is 20.1 Å². The molecule has 0 unspecified atom stereocenters. The Kier molecular flexibility index (Phi) is 7.13. The lowest BCUT2D eigenvalue weighted by Crippen LogP contribution is -2.22. The van der Waals surface area contributed by atoms with E-state index in [1.807, 2.05) is 36.4 Å². The summed E-state index contributed by atoms with van der Waals surface area (Å²) in [5.74, 6) is 1.20. The van der Waals surface area contributed by atoms with Crippen LogP contribution in [0.4, 0.5) is 11.4 Å². The van der Waals surface area contributed by atoms with E-state index in [2.05, 4.69) is 23.8 Å². The van der Waals surface area contributed by atoms with Gasteiger partial charge in [-0.2, -0.15) is 0 Å². The van der Waals surface area contributed by atoms with Crippen LogP contribution in [0.2, 0.25) is 0 Å². The number of hydrogen-bond donors (Lipinski definition) is 2. The topological polar surface area (TPSA) is 59.6 Å². The fourth-order valence-electron chi connectivity index (χ4n) is 2.05. The Hall–Kier alpha value is -3.21. The molecular formula is C20H22N2O3. The van der Waals surface area contributed by atoms with Crippen molar-refractivity contribution in [3.05, 3.63) is 73.8 Å². The minimum absolute atomic E-state index is 0.142. The van der Waals surface area contributed by atoms with E-state index in [-0.39, 0.29) is 12.5 Å². The number of para-hydroxylation sites is 2. The number of ether oxygens (including phenoxy) is 2. The third-order valence-corrected chi connectivity index (χ3v) is 3.19. The van der Waals surface area contributed by atoms with Crippen molar-refractivity contribution in [3.63, 3.8) is 0 Å². The van der Waals surface area contributed by atoms with Gasteiger partial charge in [0.05, 0.1) is 12.2 Å². The quantitative estimate of drug-likeness (QED) is 0.646. The van der Waals surface area contributed by atoms with Crippen LogP contribution in [0.5, 0.6) is 11.5 Å². The summed E-state index contributed by atoms with van der Waals surface area (Å²) in [7, 11) is 0. The molecule has 0 saturated heterocycles. The fraction of sp³-hybridized carbons (Fsp3) is 0.150. The predicted octanol–water partition coefficient (Wildman–Crippen LogP) is 3.87. The highest BCUT2D eigenvalue weighted by molar-refractivity contribution is 5.95. The summed E-state index contributed by atoms with van der Waals surface area (Å²) >= 11 is 0. The van der Waals surface area contributed by atoms with Crippen LogP contribution < -0.4 is 20.1 Å². The lowest BCUT2D eigenvalue weighted by Gasteiger charge is -2.12. The molecule has 0 radical (unpaired) electrons. The Morgan fingerprint density at radius 3 is 2.36 bits per heavy atom. The Morgan fingerprint density at radius 1 is 0.960 bits per heavy atom. The van der Waals surface area contributed by atoms with Gasteiger partial charge in [0.25, 0.3) is 0 Å². The monoisotopic (exact) mass is 338 g/mol. The molecule has 2 rings (SSSR count). The highest BCUT2D eigenvalue weighted by Gasteiger charge is 2.07. The zero-order valence-electron chi connectivity index (χ0n) is 14.0. The molecule has 0 fully saturated rings. The van der Waals surface area contributed by atoms with Crippen LogP contribution in [0.15, 0.2) is 73.8 Å². The fourth-order valence-corrected chi connectivity index (χ4v) is 2.05. The summed E-state index contributed by atoms with van der Waals surface area (Å²) < 4.78 is 10.9.